The number of carbonyl (C=O) groups excluding carboxylic acids is 2. The van der Waals surface area contributed by atoms with Crippen LogP contribution in [0, 0.1) is 0 Å². The highest BCUT2D eigenvalue weighted by Crippen LogP contribution is 2.02. The summed E-state index contributed by atoms with van der Waals surface area (Å²) in [5, 5.41) is 0. The van der Waals surface area contributed by atoms with Crippen LogP contribution in [0.3, 0.4) is 0 Å². The molecule has 0 unspecified atom stereocenters. The van der Waals surface area contributed by atoms with Gasteiger partial charge in [-0.3, -0.25) is 9.59 Å². The molecule has 1 atom stereocenters. The summed E-state index contributed by atoms with van der Waals surface area (Å²) in [5.41, 5.74) is 6.30. The van der Waals surface area contributed by atoms with Crippen molar-refractivity contribution in [2.45, 2.75) is 19.1 Å². The highest BCUT2D eigenvalue weighted by molar-refractivity contribution is 5.82. The molecule has 1 rings (SSSR count). The average Bonchev–Trinajstić information content (AvgIpc) is 2.36. The van der Waals surface area contributed by atoms with Gasteiger partial charge in [-0.15, -0.1) is 0 Å². The fourth-order valence-electron chi connectivity index (χ4n) is 1.21. The summed E-state index contributed by atoms with van der Waals surface area (Å²) in [6.45, 7) is 0.174. The second-order valence-corrected chi connectivity index (χ2v) is 3.48. The Morgan fingerprint density at radius 1 is 1.29 bits per heavy atom. The van der Waals surface area contributed by atoms with E-state index in [0.717, 1.165) is 5.56 Å². The van der Waals surface area contributed by atoms with E-state index in [1.54, 1.807) is 0 Å². The van der Waals surface area contributed by atoms with Crippen molar-refractivity contribution in [1.82, 2.24) is 0 Å². The summed E-state index contributed by atoms with van der Waals surface area (Å²) in [6, 6.07) is 8.29. The van der Waals surface area contributed by atoms with Crippen molar-refractivity contribution in [3.63, 3.8) is 0 Å². The Labute approximate surface area is 99.5 Å². The molecule has 0 radical (unpaired) electrons. The predicted molar refractivity (Wildman–Crippen MR) is 60.8 cm³/mol. The molecule has 0 amide bonds. The third-order valence-electron chi connectivity index (χ3n) is 2.13. The van der Waals surface area contributed by atoms with Crippen molar-refractivity contribution in [2.75, 3.05) is 7.11 Å². The van der Waals surface area contributed by atoms with Crippen molar-refractivity contribution < 1.29 is 19.1 Å². The molecule has 0 heterocycles. The lowest BCUT2D eigenvalue weighted by molar-refractivity contribution is -0.151. The molecule has 0 saturated carbocycles. The maximum absolute atomic E-state index is 11.3. The fraction of sp³-hybridized carbons (Fsp3) is 0.333. The number of nitrogens with two attached hydrogens (primary N) is 1. The molecule has 2 N–H and O–H groups in total. The van der Waals surface area contributed by atoms with E-state index in [0.29, 0.717) is 0 Å². The first-order valence-electron chi connectivity index (χ1n) is 5.16. The number of hydrogen-bond donors (Lipinski definition) is 1. The van der Waals surface area contributed by atoms with Crippen LogP contribution in [0.25, 0.3) is 0 Å². The molecule has 17 heavy (non-hydrogen) atoms. The van der Waals surface area contributed by atoms with Gasteiger partial charge in [0.05, 0.1) is 13.5 Å². The van der Waals surface area contributed by atoms with E-state index in [1.165, 1.54) is 7.11 Å². The number of rotatable bonds is 5. The maximum Gasteiger partial charge on any atom is 0.323 e. The first-order chi connectivity index (χ1) is 8.13. The molecule has 0 saturated heterocycles. The largest absolute Gasteiger partial charge is 0.468 e. The van der Waals surface area contributed by atoms with Gasteiger partial charge in [0.15, 0.2) is 0 Å². The minimum absolute atomic E-state index is 0.174. The van der Waals surface area contributed by atoms with E-state index in [2.05, 4.69) is 4.74 Å². The standard InChI is InChI=1S/C12H15NO4/c1-16-12(15)10(13)7-11(14)17-8-9-5-3-2-4-6-9/h2-6,10H,7-8,13H2,1H3/t10-/m1/s1. The van der Waals surface area contributed by atoms with Gasteiger partial charge < -0.3 is 15.2 Å². The van der Waals surface area contributed by atoms with E-state index in [9.17, 15) is 9.59 Å². The topological polar surface area (TPSA) is 78.6 Å². The SMILES string of the molecule is COC(=O)[C@H](N)CC(=O)OCc1ccccc1. The van der Waals surface area contributed by atoms with Gasteiger partial charge in [-0.25, -0.2) is 0 Å². The van der Waals surface area contributed by atoms with Crippen LogP contribution in [0.5, 0.6) is 0 Å². The quantitative estimate of drug-likeness (QED) is 0.759. The van der Waals surface area contributed by atoms with Crippen LogP contribution in [-0.2, 0) is 25.7 Å². The number of benzene rings is 1. The second kappa shape index (κ2) is 6.65. The van der Waals surface area contributed by atoms with Gasteiger partial charge in [-0.1, -0.05) is 30.3 Å². The molecule has 5 heteroatoms. The zero-order valence-corrected chi connectivity index (χ0v) is 9.59. The molecule has 0 aliphatic carbocycles. The normalized spacial score (nSPS) is 11.6. The Kier molecular flexibility index (Phi) is 5.16. The van der Waals surface area contributed by atoms with Crippen LogP contribution >= 0.6 is 0 Å². The Bertz CT molecular complexity index is 377. The van der Waals surface area contributed by atoms with Gasteiger partial charge in [0, 0.05) is 0 Å². The molecule has 1 aromatic rings. The summed E-state index contributed by atoms with van der Waals surface area (Å²) < 4.78 is 9.37. The fourth-order valence-corrected chi connectivity index (χ4v) is 1.21. The smallest absolute Gasteiger partial charge is 0.323 e. The molecule has 1 aromatic carbocycles. The highest BCUT2D eigenvalue weighted by atomic mass is 16.5. The van der Waals surface area contributed by atoms with Crippen LogP contribution in [0.1, 0.15) is 12.0 Å². The van der Waals surface area contributed by atoms with Crippen LogP contribution < -0.4 is 5.73 Å². The van der Waals surface area contributed by atoms with E-state index in [4.69, 9.17) is 10.5 Å². The molecule has 92 valence electrons. The number of esters is 2. The molecule has 0 fully saturated rings. The van der Waals surface area contributed by atoms with Crippen LogP contribution in [-0.4, -0.2) is 25.1 Å². The summed E-state index contributed by atoms with van der Waals surface area (Å²) in [5.74, 6) is -1.14. The minimum Gasteiger partial charge on any atom is -0.468 e. The lowest BCUT2D eigenvalue weighted by Gasteiger charge is -2.09. The number of ether oxygens (including phenoxy) is 2. The van der Waals surface area contributed by atoms with Crippen molar-refractivity contribution in [2.24, 2.45) is 5.73 Å². The van der Waals surface area contributed by atoms with Gasteiger partial charge in [-0.2, -0.15) is 0 Å². The second-order valence-electron chi connectivity index (χ2n) is 3.48. The average molecular weight is 237 g/mol. The van der Waals surface area contributed by atoms with Crippen molar-refractivity contribution in [1.29, 1.82) is 0 Å². The van der Waals surface area contributed by atoms with Crippen molar-refractivity contribution in [3.8, 4) is 0 Å². The van der Waals surface area contributed by atoms with E-state index >= 15 is 0 Å². The third-order valence-corrected chi connectivity index (χ3v) is 2.13. The van der Waals surface area contributed by atoms with Gasteiger partial charge in [0.1, 0.15) is 12.6 Å². The first kappa shape index (κ1) is 13.2. The van der Waals surface area contributed by atoms with Crippen molar-refractivity contribution >= 4 is 11.9 Å². The van der Waals surface area contributed by atoms with E-state index in [1.807, 2.05) is 30.3 Å². The Morgan fingerprint density at radius 2 is 1.94 bits per heavy atom. The highest BCUT2D eigenvalue weighted by Gasteiger charge is 2.18. The molecular formula is C12H15NO4. The summed E-state index contributed by atoms with van der Waals surface area (Å²) in [7, 11) is 1.22. The number of hydrogen-bond acceptors (Lipinski definition) is 5. The summed E-state index contributed by atoms with van der Waals surface area (Å²) in [6.07, 6.45) is -0.181. The molecular weight excluding hydrogens is 222 g/mol. The predicted octanol–water partition coefficient (Wildman–Crippen LogP) is 0.620. The van der Waals surface area contributed by atoms with Crippen LogP contribution in [0.15, 0.2) is 30.3 Å². The van der Waals surface area contributed by atoms with Crippen LogP contribution in [0.4, 0.5) is 0 Å². The monoisotopic (exact) mass is 237 g/mol. The zero-order valence-electron chi connectivity index (χ0n) is 9.59. The summed E-state index contributed by atoms with van der Waals surface area (Å²) in [4.78, 5) is 22.3. The zero-order chi connectivity index (χ0) is 12.7. The van der Waals surface area contributed by atoms with E-state index in [-0.39, 0.29) is 13.0 Å². The van der Waals surface area contributed by atoms with Gasteiger partial charge in [-0.05, 0) is 5.56 Å². The number of carbonyl (C=O) groups is 2. The number of methoxy groups -OCH3 is 1. The van der Waals surface area contributed by atoms with E-state index < -0.39 is 18.0 Å². The Morgan fingerprint density at radius 3 is 2.53 bits per heavy atom. The van der Waals surface area contributed by atoms with Crippen molar-refractivity contribution in [3.05, 3.63) is 35.9 Å². The van der Waals surface area contributed by atoms with Gasteiger partial charge in [0.2, 0.25) is 0 Å². The Hall–Kier alpha value is -1.88. The van der Waals surface area contributed by atoms with Gasteiger partial charge >= 0.3 is 11.9 Å². The Balaban J connectivity index is 2.33. The molecule has 0 bridgehead atoms. The third kappa shape index (κ3) is 4.65. The minimum atomic E-state index is -0.969. The lowest BCUT2D eigenvalue weighted by Crippen LogP contribution is -2.34. The molecule has 5 nitrogen and oxygen atoms in total. The van der Waals surface area contributed by atoms with Crippen LogP contribution in [0.2, 0.25) is 0 Å². The molecule has 0 aliphatic heterocycles. The molecule has 0 aliphatic rings. The molecule has 0 aromatic heterocycles. The first-order valence-corrected chi connectivity index (χ1v) is 5.16. The van der Waals surface area contributed by atoms with Gasteiger partial charge in [0.25, 0.3) is 0 Å². The lowest BCUT2D eigenvalue weighted by atomic mass is 10.2. The maximum atomic E-state index is 11.3. The summed E-state index contributed by atoms with van der Waals surface area (Å²) >= 11 is 0. The molecule has 0 spiro atoms.